The summed E-state index contributed by atoms with van der Waals surface area (Å²) >= 11 is 1.88. The van der Waals surface area contributed by atoms with Crippen LogP contribution in [0.25, 0.3) is 0 Å². The molecule has 0 spiro atoms. The fraction of sp³-hybridized carbons (Fsp3) is 0.0105. The summed E-state index contributed by atoms with van der Waals surface area (Å²) in [6, 6.07) is 0. The van der Waals surface area contributed by atoms with E-state index in [1.54, 1.807) is 6.92 Å². The van der Waals surface area contributed by atoms with E-state index in [1.807, 2.05) is 22.6 Å². The Kier molecular flexibility index (Phi) is 59.5. The number of hydrogen-bond donors (Lipinski definition) is 0. The maximum atomic E-state index is 2.63. The molecule has 1 heteroatoms. The summed E-state index contributed by atoms with van der Waals surface area (Å²) in [5, 5.41) is 0. The zero-order valence-corrected chi connectivity index (χ0v) is 50.5. The third-order valence-electron chi connectivity index (χ3n) is 5.86. The van der Waals surface area contributed by atoms with Crippen LogP contribution in [0.15, 0.2) is 0 Å². The molecule has 0 N–H and O–H groups in total. The van der Waals surface area contributed by atoms with Gasteiger partial charge in [0.15, 0.2) is 0 Å². The fourth-order valence-electron chi connectivity index (χ4n) is 2.90. The van der Waals surface area contributed by atoms with E-state index in [0.29, 0.717) is 0 Å². The van der Waals surface area contributed by atoms with Crippen molar-refractivity contribution in [3.8, 4) is 555 Å². The standard InChI is InChI=1S/C95H3I/c1-2-3-4-5-6-7-8-9-10-11-12-13-14-15-16-17-18-19-20-21-22-23-24-25-26-27-28-29-30-31-32-33-34-35-36-37-38-39-40-41-42-43-44-45-46-47-48-49-50-51-52-53-54-55-56-57-58-59-60-61-62-63-64-65-66-67-68-69-70-71-72-73-74-75-76-77-78-79-80-81-82-83-84-85-86-87-88-89-90-91-92-93-94-95-96/h1H3. The molecule has 0 aromatic heterocycles. The lowest BCUT2D eigenvalue weighted by atomic mass is 10.4. The molecular formula is C95H3I. The second kappa shape index (κ2) is 75.1. The highest BCUT2D eigenvalue weighted by Gasteiger charge is 1.67. The lowest BCUT2D eigenvalue weighted by Gasteiger charge is -1.58. The molecule has 0 bridgehead atoms. The van der Waals surface area contributed by atoms with Gasteiger partial charge in [0.1, 0.15) is 0 Å². The molecule has 96 heavy (non-hydrogen) atoms. The van der Waals surface area contributed by atoms with Gasteiger partial charge in [0, 0.05) is 473 Å². The third-order valence-corrected chi connectivity index (χ3v) is 6.13. The predicted molar refractivity (Wildman–Crippen MR) is 385 cm³/mol. The van der Waals surface area contributed by atoms with Gasteiger partial charge in [-0.15, -0.1) is 0 Å². The number of rotatable bonds is 0. The second-order valence-electron chi connectivity index (χ2n) is 11.8. The first-order valence-corrected chi connectivity index (χ1v) is 25.0. The molecule has 0 heterocycles. The molecule has 0 radical (unpaired) electrons. The van der Waals surface area contributed by atoms with Crippen molar-refractivity contribution in [2.75, 3.05) is 0 Å². The molecular weight excluding hydrogens is 1270 g/mol. The van der Waals surface area contributed by atoms with E-state index >= 15 is 0 Å². The van der Waals surface area contributed by atoms with E-state index in [2.05, 4.69) is 555 Å². The van der Waals surface area contributed by atoms with Crippen LogP contribution in [0.4, 0.5) is 0 Å². The number of hydrogen-bond acceptors (Lipinski definition) is 0. The Bertz CT molecular complexity index is 6300. The minimum absolute atomic E-state index is 1.68. The van der Waals surface area contributed by atoms with Crippen LogP contribution in [0.5, 0.6) is 0 Å². The van der Waals surface area contributed by atoms with Gasteiger partial charge in [0.2, 0.25) is 0 Å². The largest absolute Gasteiger partial charge is 0.0925 e. The summed E-state index contributed by atoms with van der Waals surface area (Å²) in [5.74, 6) is 233. The van der Waals surface area contributed by atoms with Crippen molar-refractivity contribution in [3.05, 3.63) is 0 Å². The van der Waals surface area contributed by atoms with Crippen molar-refractivity contribution in [2.24, 2.45) is 0 Å². The number of halogens is 1. The zero-order chi connectivity index (χ0) is 68.5. The summed E-state index contributed by atoms with van der Waals surface area (Å²) in [6.07, 6.45) is 0. The van der Waals surface area contributed by atoms with Crippen molar-refractivity contribution in [1.29, 1.82) is 0 Å². The Balaban J connectivity index is 4.63. The highest BCUT2D eigenvalue weighted by Crippen LogP contribution is 1.69. The Morgan fingerprint density at radius 2 is 0.135 bits per heavy atom. The fourth-order valence-corrected chi connectivity index (χ4v) is 3.03. The summed E-state index contributed by atoms with van der Waals surface area (Å²) in [4.78, 5) is 0. The van der Waals surface area contributed by atoms with Crippen LogP contribution in [0.2, 0.25) is 0 Å². The molecule has 0 saturated heterocycles. The van der Waals surface area contributed by atoms with E-state index < -0.39 is 0 Å². The Labute approximate surface area is 579 Å². The summed E-state index contributed by atoms with van der Waals surface area (Å²) in [7, 11) is 0. The van der Waals surface area contributed by atoms with Crippen LogP contribution >= 0.6 is 22.6 Å². The van der Waals surface area contributed by atoms with Gasteiger partial charge in [-0.05, 0) is 106 Å². The van der Waals surface area contributed by atoms with Gasteiger partial charge < -0.3 is 0 Å². The molecule has 0 aliphatic heterocycles. The smallest absolute Gasteiger partial charge is 0.0192 e. The molecule has 0 atom stereocenters. The predicted octanol–water partition coefficient (Wildman–Crippen LogP) is 1.56. The molecule has 0 aliphatic carbocycles. The van der Waals surface area contributed by atoms with Gasteiger partial charge in [0.05, 0.1) is 0 Å². The molecule has 0 nitrogen and oxygen atoms in total. The van der Waals surface area contributed by atoms with Crippen LogP contribution in [0.1, 0.15) is 6.92 Å². The monoisotopic (exact) mass is 1270 g/mol. The molecule has 0 aliphatic rings. The average Bonchev–Trinajstić information content (AvgIpc) is 3.61. The molecule has 0 amide bonds. The first-order chi connectivity index (χ1) is 47.9. The highest BCUT2D eigenvalue weighted by atomic mass is 127. The summed E-state index contributed by atoms with van der Waals surface area (Å²) in [6.45, 7) is 1.68. The van der Waals surface area contributed by atoms with Crippen molar-refractivity contribution >= 4 is 22.6 Å². The van der Waals surface area contributed by atoms with Gasteiger partial charge in [-0.25, -0.2) is 0 Å². The molecule has 0 rings (SSSR count). The van der Waals surface area contributed by atoms with Crippen LogP contribution in [-0.2, 0) is 0 Å². The first-order valence-electron chi connectivity index (χ1n) is 23.9. The zero-order valence-electron chi connectivity index (χ0n) is 48.4. The summed E-state index contributed by atoms with van der Waals surface area (Å²) < 4.78 is 2.60. The van der Waals surface area contributed by atoms with Gasteiger partial charge in [-0.3, -0.25) is 0 Å². The molecule has 0 aromatic rings. The minimum atomic E-state index is 1.68. The first kappa shape index (κ1) is 76.1. The van der Waals surface area contributed by atoms with E-state index in [1.165, 1.54) is 0 Å². The molecule has 390 valence electrons. The van der Waals surface area contributed by atoms with E-state index in [0.717, 1.165) is 0 Å². The topological polar surface area (TPSA) is 0 Å². The Morgan fingerprint density at radius 3 is 0.188 bits per heavy atom. The lowest BCUT2D eigenvalue weighted by Crippen LogP contribution is -1.57. The summed E-state index contributed by atoms with van der Waals surface area (Å²) in [5.41, 5.74) is 0. The Morgan fingerprint density at radius 1 is 0.0833 bits per heavy atom. The maximum Gasteiger partial charge on any atom is 0.0192 e. The Hall–Kier alpha value is -19.9. The molecule has 0 aromatic carbocycles. The van der Waals surface area contributed by atoms with E-state index in [9.17, 15) is 0 Å². The average molecular weight is 1270 g/mol. The maximum absolute atomic E-state index is 2.63. The van der Waals surface area contributed by atoms with Gasteiger partial charge in [-0.2, -0.15) is 0 Å². The normalized spacial score (nSPS) is 3.98. The van der Waals surface area contributed by atoms with E-state index in [4.69, 9.17) is 0 Å². The van der Waals surface area contributed by atoms with Crippen LogP contribution < -0.4 is 0 Å². The van der Waals surface area contributed by atoms with Crippen molar-refractivity contribution in [3.63, 3.8) is 0 Å². The quantitative estimate of drug-likeness (QED) is 0.256. The highest BCUT2D eigenvalue weighted by molar-refractivity contribution is 14.1. The van der Waals surface area contributed by atoms with Crippen molar-refractivity contribution in [2.45, 2.75) is 6.92 Å². The van der Waals surface area contributed by atoms with Crippen molar-refractivity contribution < 1.29 is 0 Å². The second-order valence-corrected chi connectivity index (χ2v) is 12.4. The van der Waals surface area contributed by atoms with Crippen molar-refractivity contribution in [1.82, 2.24) is 0 Å². The van der Waals surface area contributed by atoms with Crippen LogP contribution in [0.3, 0.4) is 0 Å². The van der Waals surface area contributed by atoms with Crippen LogP contribution in [-0.4, -0.2) is 0 Å². The van der Waals surface area contributed by atoms with Gasteiger partial charge >= 0.3 is 0 Å². The van der Waals surface area contributed by atoms with E-state index in [-0.39, 0.29) is 0 Å². The van der Waals surface area contributed by atoms with Gasteiger partial charge in [0.25, 0.3) is 0 Å². The SMILES string of the molecule is CC#CC#CC#CC#CC#CC#CC#CC#CC#CC#CC#CC#CC#CC#CC#CC#CC#CC#CC#CC#CC#CC#CC#CC#CC#CC#CC#CC#CC#CC#CC#CC#CC#CC#CC#CC#CC#CC#CC#CC#CC#CC#CC#CC#CC#CC#CC#CI. The van der Waals surface area contributed by atoms with Gasteiger partial charge in [-0.1, -0.05) is 5.92 Å². The third kappa shape index (κ3) is 74.1. The minimum Gasteiger partial charge on any atom is -0.0925 e. The molecule has 0 unspecified atom stereocenters. The lowest BCUT2D eigenvalue weighted by molar-refractivity contribution is 1.92. The van der Waals surface area contributed by atoms with Crippen LogP contribution in [0, 0.1) is 555 Å². The molecule has 0 fully saturated rings. The molecule has 0 saturated carbocycles.